The minimum Gasteiger partial charge on any atom is -0.354 e. The maximum atomic E-state index is 4.56. The summed E-state index contributed by atoms with van der Waals surface area (Å²) in [6, 6.07) is 8.63. The third-order valence-electron chi connectivity index (χ3n) is 4.82. The molecule has 2 N–H and O–H groups in total. The van der Waals surface area contributed by atoms with Gasteiger partial charge in [-0.3, -0.25) is 4.99 Å². The zero-order chi connectivity index (χ0) is 19.1. The third-order valence-corrected chi connectivity index (χ3v) is 6.05. The predicted octanol–water partition coefficient (Wildman–Crippen LogP) is 2.32. The molecule has 3 heterocycles. The Bertz CT molecular complexity index is 748. The van der Waals surface area contributed by atoms with E-state index in [4.69, 9.17) is 0 Å². The van der Waals surface area contributed by atoms with E-state index in [1.54, 1.807) is 0 Å². The number of hydrogen-bond donors (Lipinski definition) is 2. The van der Waals surface area contributed by atoms with Crippen LogP contribution in [0.25, 0.3) is 0 Å². The molecule has 0 spiro atoms. The average molecular weight is 387 g/mol. The first-order valence-corrected chi connectivity index (χ1v) is 10.4. The number of guanidine groups is 1. The molecule has 2 aromatic rings. The molecular weight excluding hydrogens is 356 g/mol. The van der Waals surface area contributed by atoms with Crippen LogP contribution in [-0.4, -0.2) is 56.1 Å². The summed E-state index contributed by atoms with van der Waals surface area (Å²) in [5.41, 5.74) is 1.21. The van der Waals surface area contributed by atoms with E-state index in [0.717, 1.165) is 57.5 Å². The van der Waals surface area contributed by atoms with Crippen molar-refractivity contribution in [3.63, 3.8) is 0 Å². The number of pyridine rings is 1. The highest BCUT2D eigenvalue weighted by atomic mass is 32.1. The minimum absolute atomic E-state index is 0.730. The predicted molar refractivity (Wildman–Crippen MR) is 115 cm³/mol. The van der Waals surface area contributed by atoms with Gasteiger partial charge in [0.2, 0.25) is 0 Å². The molecule has 0 saturated carbocycles. The number of aryl methyl sites for hydroxylation is 1. The van der Waals surface area contributed by atoms with Crippen LogP contribution in [0.4, 0.5) is 5.82 Å². The van der Waals surface area contributed by atoms with E-state index in [-0.39, 0.29) is 0 Å². The molecule has 1 saturated heterocycles. The monoisotopic (exact) mass is 386 g/mol. The number of likely N-dealkylation sites (N-methyl/N-ethyl adjacent to an activating group) is 1. The first-order valence-electron chi connectivity index (χ1n) is 9.58. The smallest absolute Gasteiger partial charge is 0.191 e. The topological polar surface area (TPSA) is 55.8 Å². The van der Waals surface area contributed by atoms with E-state index in [0.29, 0.717) is 0 Å². The lowest BCUT2D eigenvalue weighted by molar-refractivity contribution is 0.312. The van der Waals surface area contributed by atoms with Gasteiger partial charge < -0.3 is 20.4 Å². The summed E-state index contributed by atoms with van der Waals surface area (Å²) in [5, 5.41) is 6.80. The Morgan fingerprint density at radius 3 is 2.56 bits per heavy atom. The molecule has 6 nitrogen and oxygen atoms in total. The number of nitrogens with one attached hydrogen (secondary N) is 2. The summed E-state index contributed by atoms with van der Waals surface area (Å²) in [7, 11) is 3.98. The van der Waals surface area contributed by atoms with Crippen molar-refractivity contribution in [3.8, 4) is 0 Å². The molecule has 0 aliphatic carbocycles. The number of thiophene rings is 1. The minimum atomic E-state index is 0.730. The lowest BCUT2D eigenvalue weighted by atomic mass is 10.2. The Balaban J connectivity index is 1.51. The molecule has 0 unspecified atom stereocenters. The van der Waals surface area contributed by atoms with Gasteiger partial charge in [-0.05, 0) is 43.3 Å². The Morgan fingerprint density at radius 1 is 1.11 bits per heavy atom. The van der Waals surface area contributed by atoms with E-state index in [2.05, 4.69) is 68.6 Å². The number of aliphatic imine (C=N–C) groups is 1. The van der Waals surface area contributed by atoms with Gasteiger partial charge in [0.15, 0.2) is 5.96 Å². The van der Waals surface area contributed by atoms with Crippen LogP contribution in [0.2, 0.25) is 0 Å². The molecule has 1 aliphatic heterocycles. The first kappa shape index (κ1) is 19.6. The van der Waals surface area contributed by atoms with Gasteiger partial charge in [0.25, 0.3) is 0 Å². The van der Waals surface area contributed by atoms with Gasteiger partial charge in [0, 0.05) is 55.7 Å². The SMILES string of the molecule is CCc1ccc(CNC(=NC)NCc2ccnc(N3CCN(C)CC3)c2)s1. The Hall–Kier alpha value is -2.12. The van der Waals surface area contributed by atoms with E-state index in [1.807, 2.05) is 24.6 Å². The number of nitrogens with zero attached hydrogens (tertiary/aromatic N) is 4. The van der Waals surface area contributed by atoms with E-state index >= 15 is 0 Å². The largest absolute Gasteiger partial charge is 0.354 e. The van der Waals surface area contributed by atoms with Gasteiger partial charge in [-0.15, -0.1) is 11.3 Å². The first-order chi connectivity index (χ1) is 13.2. The van der Waals surface area contributed by atoms with Crippen molar-refractivity contribution in [3.05, 3.63) is 45.8 Å². The highest BCUT2D eigenvalue weighted by Crippen LogP contribution is 2.17. The van der Waals surface area contributed by atoms with Crippen molar-refractivity contribution in [2.45, 2.75) is 26.4 Å². The molecule has 2 aromatic heterocycles. The molecule has 1 aliphatic rings. The lowest BCUT2D eigenvalue weighted by Gasteiger charge is -2.33. The molecule has 0 bridgehead atoms. The van der Waals surface area contributed by atoms with Gasteiger partial charge in [0.1, 0.15) is 5.82 Å². The number of hydrogen-bond acceptors (Lipinski definition) is 5. The van der Waals surface area contributed by atoms with Crippen LogP contribution < -0.4 is 15.5 Å². The zero-order valence-electron chi connectivity index (χ0n) is 16.5. The van der Waals surface area contributed by atoms with Crippen molar-refractivity contribution in [2.24, 2.45) is 4.99 Å². The highest BCUT2D eigenvalue weighted by molar-refractivity contribution is 7.11. The van der Waals surface area contributed by atoms with Gasteiger partial charge in [-0.25, -0.2) is 4.98 Å². The Kier molecular flexibility index (Phi) is 7.06. The van der Waals surface area contributed by atoms with Crippen LogP contribution in [0.5, 0.6) is 0 Å². The zero-order valence-corrected chi connectivity index (χ0v) is 17.4. The van der Waals surface area contributed by atoms with Crippen molar-refractivity contribution in [2.75, 3.05) is 45.2 Å². The van der Waals surface area contributed by atoms with Crippen molar-refractivity contribution >= 4 is 23.1 Å². The van der Waals surface area contributed by atoms with E-state index in [9.17, 15) is 0 Å². The van der Waals surface area contributed by atoms with Gasteiger partial charge in [0.05, 0.1) is 6.54 Å². The number of anilines is 1. The van der Waals surface area contributed by atoms with Gasteiger partial charge in [-0.2, -0.15) is 0 Å². The second-order valence-corrected chi connectivity index (χ2v) is 8.07. The third kappa shape index (κ3) is 5.68. The second-order valence-electron chi connectivity index (χ2n) is 6.81. The second kappa shape index (κ2) is 9.71. The van der Waals surface area contributed by atoms with Gasteiger partial charge in [-0.1, -0.05) is 6.92 Å². The molecule has 27 heavy (non-hydrogen) atoms. The fraction of sp³-hybridized carbons (Fsp3) is 0.500. The average Bonchev–Trinajstić information content (AvgIpc) is 3.17. The highest BCUT2D eigenvalue weighted by Gasteiger charge is 2.15. The molecule has 0 amide bonds. The maximum absolute atomic E-state index is 4.56. The number of rotatable bonds is 6. The molecule has 0 aromatic carbocycles. The Morgan fingerprint density at radius 2 is 1.85 bits per heavy atom. The van der Waals surface area contributed by atoms with Crippen LogP contribution in [-0.2, 0) is 19.5 Å². The van der Waals surface area contributed by atoms with Crippen LogP contribution in [0.15, 0.2) is 35.5 Å². The summed E-state index contributed by atoms with van der Waals surface area (Å²) < 4.78 is 0. The molecule has 146 valence electrons. The van der Waals surface area contributed by atoms with E-state index < -0.39 is 0 Å². The number of piperazine rings is 1. The van der Waals surface area contributed by atoms with Crippen LogP contribution >= 0.6 is 11.3 Å². The fourth-order valence-corrected chi connectivity index (χ4v) is 3.96. The van der Waals surface area contributed by atoms with Crippen LogP contribution in [0, 0.1) is 0 Å². The van der Waals surface area contributed by atoms with Gasteiger partial charge >= 0.3 is 0 Å². The quantitative estimate of drug-likeness (QED) is 0.589. The molecule has 3 rings (SSSR count). The summed E-state index contributed by atoms with van der Waals surface area (Å²) >= 11 is 1.86. The molecule has 1 fully saturated rings. The number of aromatic nitrogens is 1. The van der Waals surface area contributed by atoms with E-state index in [1.165, 1.54) is 15.3 Å². The molecule has 0 atom stereocenters. The van der Waals surface area contributed by atoms with Crippen molar-refractivity contribution in [1.29, 1.82) is 0 Å². The maximum Gasteiger partial charge on any atom is 0.191 e. The summed E-state index contributed by atoms with van der Waals surface area (Å²) in [5.74, 6) is 1.88. The summed E-state index contributed by atoms with van der Waals surface area (Å²) in [6.07, 6.45) is 2.99. The molecule has 0 radical (unpaired) electrons. The van der Waals surface area contributed by atoms with Crippen molar-refractivity contribution < 1.29 is 0 Å². The normalized spacial score (nSPS) is 15.8. The Labute approximate surface area is 166 Å². The van der Waals surface area contributed by atoms with Crippen LogP contribution in [0.1, 0.15) is 22.2 Å². The summed E-state index contributed by atoms with van der Waals surface area (Å²) in [6.45, 7) is 7.95. The lowest BCUT2D eigenvalue weighted by Crippen LogP contribution is -2.44. The molecular formula is C20H30N6S. The summed E-state index contributed by atoms with van der Waals surface area (Å²) in [4.78, 5) is 16.4. The standard InChI is InChI=1S/C20H30N6S/c1-4-17-5-6-18(27-17)15-24-20(21-2)23-14-16-7-8-22-19(13-16)26-11-9-25(3)10-12-26/h5-8,13H,4,9-12,14-15H2,1-3H3,(H2,21,23,24). The van der Waals surface area contributed by atoms with Crippen LogP contribution in [0.3, 0.4) is 0 Å². The fourth-order valence-electron chi connectivity index (χ4n) is 3.06. The van der Waals surface area contributed by atoms with Crippen molar-refractivity contribution in [1.82, 2.24) is 20.5 Å². The molecule has 7 heteroatoms.